The zero-order valence-corrected chi connectivity index (χ0v) is 8.17. The van der Waals surface area contributed by atoms with Crippen molar-refractivity contribution in [1.82, 2.24) is 4.90 Å². The van der Waals surface area contributed by atoms with Crippen molar-refractivity contribution in [2.24, 2.45) is 0 Å². The van der Waals surface area contributed by atoms with E-state index in [2.05, 4.69) is 11.8 Å². The molecule has 0 aliphatic carbocycles. The summed E-state index contributed by atoms with van der Waals surface area (Å²) in [6, 6.07) is 0. The normalized spacial score (nSPS) is 23.0. The van der Waals surface area contributed by atoms with Gasteiger partial charge in [-0.25, -0.2) is 0 Å². The van der Waals surface area contributed by atoms with Gasteiger partial charge in [0.1, 0.15) is 6.23 Å². The summed E-state index contributed by atoms with van der Waals surface area (Å²) in [5.41, 5.74) is 0. The second-order valence-electron chi connectivity index (χ2n) is 3.27. The molecule has 0 aromatic carbocycles. The Kier molecular flexibility index (Phi) is 3.98. The van der Waals surface area contributed by atoms with Crippen molar-refractivity contribution in [2.45, 2.75) is 27.0 Å². The molecule has 0 spiro atoms. The molecule has 1 radical (unpaired) electrons. The standard InChI is InChI=1S/C9H18NO2/c1-8(2)12-9(3)10-4-6-11-7-5-10/h9H,4-7H2,1-3H3. The van der Waals surface area contributed by atoms with E-state index in [0.29, 0.717) is 0 Å². The molecule has 0 aromatic heterocycles. The third kappa shape index (κ3) is 3.09. The van der Waals surface area contributed by atoms with Crippen LogP contribution in [0.4, 0.5) is 0 Å². The Hall–Kier alpha value is -0.120. The van der Waals surface area contributed by atoms with E-state index in [0.717, 1.165) is 32.4 Å². The molecule has 0 N–H and O–H groups in total. The first kappa shape index (κ1) is 9.96. The molecule has 1 unspecified atom stereocenters. The summed E-state index contributed by atoms with van der Waals surface area (Å²) in [6.45, 7) is 9.67. The lowest BCUT2D eigenvalue weighted by Crippen LogP contribution is -2.43. The smallest absolute Gasteiger partial charge is 0.108 e. The van der Waals surface area contributed by atoms with Gasteiger partial charge in [-0.05, 0) is 20.8 Å². The molecule has 3 nitrogen and oxygen atoms in total. The SMILES string of the molecule is C[C](C)OC(C)N1CCOCC1. The molecule has 1 saturated heterocycles. The van der Waals surface area contributed by atoms with Gasteiger partial charge in [-0.3, -0.25) is 4.90 Å². The lowest BCUT2D eigenvalue weighted by molar-refractivity contribution is -0.0787. The fourth-order valence-corrected chi connectivity index (χ4v) is 1.36. The van der Waals surface area contributed by atoms with E-state index in [1.54, 1.807) is 0 Å². The fourth-order valence-electron chi connectivity index (χ4n) is 1.36. The van der Waals surface area contributed by atoms with Crippen LogP contribution in [-0.2, 0) is 9.47 Å². The van der Waals surface area contributed by atoms with Crippen LogP contribution in [-0.4, -0.2) is 37.4 Å². The van der Waals surface area contributed by atoms with Gasteiger partial charge in [0.05, 0.1) is 19.3 Å². The average molecular weight is 172 g/mol. The third-order valence-corrected chi connectivity index (χ3v) is 1.97. The van der Waals surface area contributed by atoms with Crippen LogP contribution in [0.3, 0.4) is 0 Å². The highest BCUT2D eigenvalue weighted by Gasteiger charge is 2.17. The van der Waals surface area contributed by atoms with Gasteiger partial charge >= 0.3 is 0 Å². The highest BCUT2D eigenvalue weighted by atomic mass is 16.5. The average Bonchev–Trinajstić information content (AvgIpc) is 2.05. The maximum atomic E-state index is 5.58. The molecule has 3 heteroatoms. The molecule has 12 heavy (non-hydrogen) atoms. The summed E-state index contributed by atoms with van der Waals surface area (Å²) in [6.07, 6.45) is 1.22. The number of hydrogen-bond acceptors (Lipinski definition) is 3. The summed E-state index contributed by atoms with van der Waals surface area (Å²) in [7, 11) is 0. The summed E-state index contributed by atoms with van der Waals surface area (Å²) in [5, 5.41) is 0. The minimum Gasteiger partial charge on any atom is -0.379 e. The van der Waals surface area contributed by atoms with Crippen molar-refractivity contribution in [1.29, 1.82) is 0 Å². The van der Waals surface area contributed by atoms with Crippen molar-refractivity contribution in [3.05, 3.63) is 6.10 Å². The van der Waals surface area contributed by atoms with Gasteiger partial charge in [0.15, 0.2) is 0 Å². The Morgan fingerprint density at radius 2 is 1.92 bits per heavy atom. The molecule has 0 bridgehead atoms. The van der Waals surface area contributed by atoms with Crippen LogP contribution in [0.25, 0.3) is 0 Å². The molecule has 1 fully saturated rings. The summed E-state index contributed by atoms with van der Waals surface area (Å²) >= 11 is 0. The predicted molar refractivity (Wildman–Crippen MR) is 47.5 cm³/mol. The highest BCUT2D eigenvalue weighted by Crippen LogP contribution is 2.09. The van der Waals surface area contributed by atoms with E-state index in [4.69, 9.17) is 9.47 Å². The molecule has 0 saturated carbocycles. The quantitative estimate of drug-likeness (QED) is 0.639. The van der Waals surface area contributed by atoms with Crippen LogP contribution >= 0.6 is 0 Å². The Morgan fingerprint density at radius 3 is 2.42 bits per heavy atom. The Balaban J connectivity index is 2.24. The maximum Gasteiger partial charge on any atom is 0.108 e. The summed E-state index contributed by atoms with van der Waals surface area (Å²) in [5.74, 6) is 0. The van der Waals surface area contributed by atoms with Crippen molar-refractivity contribution in [2.75, 3.05) is 26.3 Å². The molecular weight excluding hydrogens is 154 g/mol. The molecular formula is C9H18NO2. The van der Waals surface area contributed by atoms with E-state index in [1.165, 1.54) is 0 Å². The van der Waals surface area contributed by atoms with Gasteiger partial charge in [-0.2, -0.15) is 0 Å². The number of nitrogens with zero attached hydrogens (tertiary/aromatic N) is 1. The topological polar surface area (TPSA) is 21.7 Å². The lowest BCUT2D eigenvalue weighted by atomic mass is 10.4. The highest BCUT2D eigenvalue weighted by molar-refractivity contribution is 4.68. The van der Waals surface area contributed by atoms with Crippen LogP contribution < -0.4 is 0 Å². The Labute approximate surface area is 74.6 Å². The second-order valence-corrected chi connectivity index (χ2v) is 3.27. The summed E-state index contributed by atoms with van der Waals surface area (Å²) < 4.78 is 10.8. The number of rotatable bonds is 3. The van der Waals surface area contributed by atoms with Gasteiger partial charge in [-0.15, -0.1) is 0 Å². The van der Waals surface area contributed by atoms with E-state index in [1.807, 2.05) is 13.8 Å². The number of hydrogen-bond donors (Lipinski definition) is 0. The van der Waals surface area contributed by atoms with E-state index >= 15 is 0 Å². The molecule has 1 rings (SSSR count). The van der Waals surface area contributed by atoms with E-state index < -0.39 is 0 Å². The van der Waals surface area contributed by atoms with Crippen LogP contribution in [0, 0.1) is 6.10 Å². The zero-order valence-electron chi connectivity index (χ0n) is 8.17. The number of morpholine rings is 1. The molecule has 1 aliphatic heterocycles. The van der Waals surface area contributed by atoms with Gasteiger partial charge in [0.25, 0.3) is 0 Å². The molecule has 1 aliphatic rings. The van der Waals surface area contributed by atoms with Crippen LogP contribution in [0.1, 0.15) is 20.8 Å². The summed E-state index contributed by atoms with van der Waals surface area (Å²) in [4.78, 5) is 2.29. The van der Waals surface area contributed by atoms with Gasteiger partial charge in [0.2, 0.25) is 0 Å². The minimum absolute atomic E-state index is 0.193. The van der Waals surface area contributed by atoms with Crippen LogP contribution in [0.5, 0.6) is 0 Å². The zero-order chi connectivity index (χ0) is 8.97. The van der Waals surface area contributed by atoms with Crippen molar-refractivity contribution in [3.8, 4) is 0 Å². The molecule has 1 heterocycles. The van der Waals surface area contributed by atoms with Gasteiger partial charge in [-0.1, -0.05) is 0 Å². The maximum absolute atomic E-state index is 5.58. The monoisotopic (exact) mass is 172 g/mol. The lowest BCUT2D eigenvalue weighted by Gasteiger charge is -2.32. The van der Waals surface area contributed by atoms with E-state index in [9.17, 15) is 0 Å². The van der Waals surface area contributed by atoms with Crippen molar-refractivity contribution in [3.63, 3.8) is 0 Å². The molecule has 0 amide bonds. The first-order chi connectivity index (χ1) is 5.70. The van der Waals surface area contributed by atoms with E-state index in [-0.39, 0.29) is 6.23 Å². The largest absolute Gasteiger partial charge is 0.379 e. The van der Waals surface area contributed by atoms with Gasteiger partial charge < -0.3 is 9.47 Å². The van der Waals surface area contributed by atoms with Crippen LogP contribution in [0.2, 0.25) is 0 Å². The molecule has 1 atom stereocenters. The Bertz CT molecular complexity index is 122. The second kappa shape index (κ2) is 4.80. The molecule has 0 aromatic rings. The first-order valence-electron chi connectivity index (χ1n) is 4.49. The number of ether oxygens (including phenoxy) is 2. The van der Waals surface area contributed by atoms with Crippen molar-refractivity contribution >= 4 is 0 Å². The predicted octanol–water partition coefficient (Wildman–Crippen LogP) is 1.25. The van der Waals surface area contributed by atoms with Gasteiger partial charge in [0, 0.05) is 13.1 Å². The minimum atomic E-state index is 0.193. The molecule has 71 valence electrons. The van der Waals surface area contributed by atoms with Crippen LogP contribution in [0.15, 0.2) is 0 Å². The Morgan fingerprint density at radius 1 is 1.33 bits per heavy atom. The van der Waals surface area contributed by atoms with Crippen molar-refractivity contribution < 1.29 is 9.47 Å². The first-order valence-corrected chi connectivity index (χ1v) is 4.49. The fraction of sp³-hybridized carbons (Fsp3) is 0.889. The third-order valence-electron chi connectivity index (χ3n) is 1.97.